The molecule has 164 valence electrons. The minimum Gasteiger partial charge on any atom is -0.495 e. The number of nitro groups is 1. The molecule has 0 atom stereocenters. The van der Waals surface area contributed by atoms with Gasteiger partial charge in [-0.3, -0.25) is 19.8 Å². The molecule has 0 unspecified atom stereocenters. The van der Waals surface area contributed by atoms with Crippen LogP contribution < -0.4 is 14.4 Å². The molecule has 0 aliphatic carbocycles. The van der Waals surface area contributed by atoms with Gasteiger partial charge in [0.25, 0.3) is 11.6 Å². The second kappa shape index (κ2) is 9.71. The summed E-state index contributed by atoms with van der Waals surface area (Å²) in [6, 6.07) is 9.49. The van der Waals surface area contributed by atoms with Crippen molar-refractivity contribution in [1.29, 1.82) is 0 Å². The number of anilines is 1. The van der Waals surface area contributed by atoms with Crippen molar-refractivity contribution in [2.45, 2.75) is 6.42 Å². The molecule has 0 aliphatic heterocycles. The summed E-state index contributed by atoms with van der Waals surface area (Å²) in [7, 11) is 7.00. The smallest absolute Gasteiger partial charge is 0.282 e. The maximum absolute atomic E-state index is 13.4. The highest BCUT2D eigenvalue weighted by Gasteiger charge is 2.28. The van der Waals surface area contributed by atoms with E-state index in [0.29, 0.717) is 35.1 Å². The number of nitrogens with zero attached hydrogens (tertiary/aromatic N) is 4. The van der Waals surface area contributed by atoms with Crippen LogP contribution >= 0.6 is 11.3 Å². The van der Waals surface area contributed by atoms with Crippen LogP contribution in [0.2, 0.25) is 0 Å². The predicted molar refractivity (Wildman–Crippen MR) is 121 cm³/mol. The molecule has 0 fully saturated rings. The molecular formula is C21H24N4O5S. The Bertz CT molecular complexity index is 1060. The quantitative estimate of drug-likeness (QED) is 0.365. The Kier molecular flexibility index (Phi) is 7.03. The Balaban J connectivity index is 2.09. The molecule has 0 bridgehead atoms. The molecule has 31 heavy (non-hydrogen) atoms. The molecule has 10 heteroatoms. The number of amides is 1. The molecule has 1 amide bonds. The zero-order chi connectivity index (χ0) is 22.5. The summed E-state index contributed by atoms with van der Waals surface area (Å²) in [6.07, 6.45) is 0.670. The number of carbonyl (C=O) groups excluding carboxylic acids is 1. The minimum atomic E-state index is -0.546. The zero-order valence-electron chi connectivity index (χ0n) is 17.8. The third-order valence-electron chi connectivity index (χ3n) is 4.69. The fourth-order valence-electron chi connectivity index (χ4n) is 3.18. The summed E-state index contributed by atoms with van der Waals surface area (Å²) < 4.78 is 11.6. The molecule has 3 aromatic rings. The number of methoxy groups -OCH3 is 2. The summed E-state index contributed by atoms with van der Waals surface area (Å²) in [6.45, 7) is 1.10. The van der Waals surface area contributed by atoms with Crippen molar-refractivity contribution in [3.05, 3.63) is 52.1 Å². The lowest BCUT2D eigenvalue weighted by atomic mass is 10.1. The molecule has 1 heterocycles. The van der Waals surface area contributed by atoms with E-state index >= 15 is 0 Å². The van der Waals surface area contributed by atoms with Crippen molar-refractivity contribution in [2.75, 3.05) is 46.3 Å². The molecule has 0 radical (unpaired) electrons. The van der Waals surface area contributed by atoms with E-state index < -0.39 is 10.8 Å². The van der Waals surface area contributed by atoms with E-state index in [0.717, 1.165) is 11.2 Å². The number of nitro benzene ring substituents is 1. The van der Waals surface area contributed by atoms with Gasteiger partial charge in [-0.2, -0.15) is 0 Å². The Morgan fingerprint density at radius 1 is 1.10 bits per heavy atom. The Labute approximate surface area is 184 Å². The SMILES string of the molecule is COc1ccc(OC)c2sc(N(CCCN(C)C)C(=O)c3ccccc3[N+](=O)[O-])nc12. The second-order valence-corrected chi connectivity index (χ2v) is 8.01. The van der Waals surface area contributed by atoms with Crippen LogP contribution in [0.5, 0.6) is 11.5 Å². The van der Waals surface area contributed by atoms with Crippen molar-refractivity contribution >= 4 is 38.3 Å². The average Bonchev–Trinajstić information content (AvgIpc) is 3.20. The predicted octanol–water partition coefficient (Wildman–Crippen LogP) is 3.82. The summed E-state index contributed by atoms with van der Waals surface area (Å²) in [5.41, 5.74) is 0.367. The van der Waals surface area contributed by atoms with Gasteiger partial charge in [0.1, 0.15) is 27.3 Å². The first-order chi connectivity index (χ1) is 14.9. The fourth-order valence-corrected chi connectivity index (χ4v) is 4.28. The molecule has 9 nitrogen and oxygen atoms in total. The number of fused-ring (bicyclic) bond motifs is 1. The molecule has 0 saturated heterocycles. The molecule has 1 aromatic heterocycles. The van der Waals surface area contributed by atoms with Gasteiger partial charge in [0.05, 0.1) is 19.1 Å². The lowest BCUT2D eigenvalue weighted by molar-refractivity contribution is -0.385. The molecule has 0 aliphatic rings. The number of ether oxygens (including phenoxy) is 2. The van der Waals surface area contributed by atoms with E-state index in [-0.39, 0.29) is 11.3 Å². The topological polar surface area (TPSA) is 98.0 Å². The summed E-state index contributed by atoms with van der Waals surface area (Å²) in [5, 5.41) is 11.9. The number of aromatic nitrogens is 1. The first kappa shape index (κ1) is 22.4. The first-order valence-corrected chi connectivity index (χ1v) is 10.4. The van der Waals surface area contributed by atoms with Gasteiger partial charge in [0.2, 0.25) is 0 Å². The van der Waals surface area contributed by atoms with Gasteiger partial charge in [-0.1, -0.05) is 23.5 Å². The maximum Gasteiger partial charge on any atom is 0.282 e. The Morgan fingerprint density at radius 3 is 2.42 bits per heavy atom. The number of hydrogen-bond donors (Lipinski definition) is 0. The first-order valence-electron chi connectivity index (χ1n) is 9.59. The lowest BCUT2D eigenvalue weighted by Crippen LogP contribution is -2.33. The summed E-state index contributed by atoms with van der Waals surface area (Å²) in [5.74, 6) is 0.707. The number of thiazole rings is 1. The number of carbonyl (C=O) groups is 1. The Hall–Kier alpha value is -3.24. The van der Waals surface area contributed by atoms with E-state index in [2.05, 4.69) is 4.98 Å². The molecule has 0 N–H and O–H groups in total. The minimum absolute atomic E-state index is 0.0236. The second-order valence-electron chi connectivity index (χ2n) is 7.03. The van der Waals surface area contributed by atoms with Gasteiger partial charge in [-0.15, -0.1) is 0 Å². The van der Waals surface area contributed by atoms with Crippen molar-refractivity contribution in [3.63, 3.8) is 0 Å². The van der Waals surface area contributed by atoms with Crippen molar-refractivity contribution in [3.8, 4) is 11.5 Å². The van der Waals surface area contributed by atoms with E-state index in [9.17, 15) is 14.9 Å². The number of benzene rings is 2. The van der Waals surface area contributed by atoms with Crippen LogP contribution in [0.1, 0.15) is 16.8 Å². The maximum atomic E-state index is 13.4. The Morgan fingerprint density at radius 2 is 1.77 bits per heavy atom. The van der Waals surface area contributed by atoms with E-state index in [1.54, 1.807) is 38.5 Å². The fraction of sp³-hybridized carbons (Fsp3) is 0.333. The third kappa shape index (κ3) is 4.75. The molecule has 0 saturated carbocycles. The van der Waals surface area contributed by atoms with Crippen LogP contribution in [0, 0.1) is 10.1 Å². The van der Waals surface area contributed by atoms with Gasteiger partial charge in [0.15, 0.2) is 5.13 Å². The highest BCUT2D eigenvalue weighted by Crippen LogP contribution is 2.40. The molecule has 2 aromatic carbocycles. The van der Waals surface area contributed by atoms with Crippen LogP contribution in [0.25, 0.3) is 10.2 Å². The largest absolute Gasteiger partial charge is 0.495 e. The van der Waals surface area contributed by atoms with Gasteiger partial charge in [-0.05, 0) is 45.3 Å². The van der Waals surface area contributed by atoms with Crippen LogP contribution in [0.3, 0.4) is 0 Å². The van der Waals surface area contributed by atoms with E-state index in [1.165, 1.54) is 28.4 Å². The molecule has 3 rings (SSSR count). The normalized spacial score (nSPS) is 11.0. The number of para-hydroxylation sites is 1. The van der Waals surface area contributed by atoms with Crippen molar-refractivity contribution in [1.82, 2.24) is 9.88 Å². The standard InChI is InChI=1S/C21H24N4O5S/c1-23(2)12-7-13-24(20(26)14-8-5-6-9-15(14)25(27)28)21-22-18-16(29-3)10-11-17(30-4)19(18)31-21/h5-6,8-11H,7,12-13H2,1-4H3. The van der Waals surface area contributed by atoms with Gasteiger partial charge < -0.3 is 14.4 Å². The van der Waals surface area contributed by atoms with Crippen LogP contribution in [-0.2, 0) is 0 Å². The van der Waals surface area contributed by atoms with Crippen LogP contribution in [0.15, 0.2) is 36.4 Å². The summed E-state index contributed by atoms with van der Waals surface area (Å²) in [4.78, 5) is 32.5. The van der Waals surface area contributed by atoms with E-state index in [4.69, 9.17) is 9.47 Å². The van der Waals surface area contributed by atoms with Gasteiger partial charge in [0, 0.05) is 12.6 Å². The van der Waals surface area contributed by atoms with Crippen LogP contribution in [0.4, 0.5) is 10.8 Å². The highest BCUT2D eigenvalue weighted by atomic mass is 32.1. The van der Waals surface area contributed by atoms with Crippen molar-refractivity contribution in [2.24, 2.45) is 0 Å². The monoisotopic (exact) mass is 444 g/mol. The molecular weight excluding hydrogens is 420 g/mol. The van der Waals surface area contributed by atoms with Crippen molar-refractivity contribution < 1.29 is 19.2 Å². The third-order valence-corrected chi connectivity index (χ3v) is 5.79. The number of hydrogen-bond acceptors (Lipinski definition) is 8. The van der Waals surface area contributed by atoms with Crippen LogP contribution in [-0.4, -0.2) is 62.1 Å². The zero-order valence-corrected chi connectivity index (χ0v) is 18.6. The highest BCUT2D eigenvalue weighted by molar-refractivity contribution is 7.22. The summed E-state index contributed by atoms with van der Waals surface area (Å²) >= 11 is 1.29. The molecule has 0 spiro atoms. The van der Waals surface area contributed by atoms with Gasteiger partial charge >= 0.3 is 0 Å². The van der Waals surface area contributed by atoms with Gasteiger partial charge in [-0.25, -0.2) is 4.98 Å². The van der Waals surface area contributed by atoms with E-state index in [1.807, 2.05) is 19.0 Å². The number of rotatable bonds is 9. The lowest BCUT2D eigenvalue weighted by Gasteiger charge is -2.21. The average molecular weight is 445 g/mol.